The van der Waals surface area contributed by atoms with Crippen LogP contribution in [0.25, 0.3) is 43.4 Å². The molecule has 0 N–H and O–H groups in total. The Balaban J connectivity index is 1.87. The van der Waals surface area contributed by atoms with Crippen molar-refractivity contribution in [1.82, 2.24) is 4.57 Å². The normalized spacial score (nSPS) is 13.0. The van der Waals surface area contributed by atoms with Gasteiger partial charge in [-0.1, -0.05) is 93.8 Å². The van der Waals surface area contributed by atoms with Gasteiger partial charge in [-0.3, -0.25) is 0 Å². The lowest BCUT2D eigenvalue weighted by molar-refractivity contribution is 0.401. The number of benzene rings is 4. The van der Waals surface area contributed by atoms with Crippen molar-refractivity contribution in [2.45, 2.75) is 46.1 Å². The van der Waals surface area contributed by atoms with Crippen LogP contribution in [0.15, 0.2) is 72.8 Å². The smallest absolute Gasteiger partial charge is 0.0498 e. The van der Waals surface area contributed by atoms with E-state index in [2.05, 4.69) is 91.2 Å². The molecule has 0 aliphatic rings. The molecule has 146 valence electrons. The molecule has 0 bridgehead atoms. The standard InChI is InChI=1S/C28H29N/c1-3-5-10-20(4-2)19-29-25-17-15-21-11-6-8-13-23(21)27(25)28-24-14-9-7-12-22(24)16-18-26(28)29/h6-9,11-18,20H,3-5,10,19H2,1-2H3. The summed E-state index contributed by atoms with van der Waals surface area (Å²) in [6, 6.07) is 27.0. The van der Waals surface area contributed by atoms with Gasteiger partial charge in [0.15, 0.2) is 0 Å². The van der Waals surface area contributed by atoms with E-state index in [9.17, 15) is 0 Å². The Kier molecular flexibility index (Phi) is 4.75. The molecule has 0 aliphatic heterocycles. The number of hydrogen-bond donors (Lipinski definition) is 0. The van der Waals surface area contributed by atoms with Gasteiger partial charge in [0.1, 0.15) is 0 Å². The van der Waals surface area contributed by atoms with Gasteiger partial charge in [-0.15, -0.1) is 0 Å². The topological polar surface area (TPSA) is 4.93 Å². The van der Waals surface area contributed by atoms with E-state index in [4.69, 9.17) is 0 Å². The predicted octanol–water partition coefficient (Wildman–Crippen LogP) is 8.32. The number of unbranched alkanes of at least 4 members (excludes halogenated alkanes) is 1. The van der Waals surface area contributed by atoms with Crippen LogP contribution in [0.5, 0.6) is 0 Å². The lowest BCUT2D eigenvalue weighted by Gasteiger charge is -2.17. The Morgan fingerprint density at radius 3 is 1.76 bits per heavy atom. The fourth-order valence-electron chi connectivity index (χ4n) is 5.00. The van der Waals surface area contributed by atoms with E-state index in [1.54, 1.807) is 0 Å². The Bertz CT molecular complexity index is 1210. The highest BCUT2D eigenvalue weighted by atomic mass is 15.0. The van der Waals surface area contributed by atoms with Gasteiger partial charge in [0, 0.05) is 28.4 Å². The second-order valence-corrected chi connectivity index (χ2v) is 8.39. The molecule has 0 amide bonds. The van der Waals surface area contributed by atoms with Gasteiger partial charge in [-0.2, -0.15) is 0 Å². The first-order chi connectivity index (χ1) is 14.3. The maximum Gasteiger partial charge on any atom is 0.0498 e. The van der Waals surface area contributed by atoms with Crippen LogP contribution < -0.4 is 0 Å². The van der Waals surface area contributed by atoms with Gasteiger partial charge in [0.05, 0.1) is 0 Å². The highest BCUT2D eigenvalue weighted by Gasteiger charge is 2.17. The van der Waals surface area contributed by atoms with Gasteiger partial charge in [0.2, 0.25) is 0 Å². The van der Waals surface area contributed by atoms with Crippen molar-refractivity contribution in [3.63, 3.8) is 0 Å². The molecule has 5 rings (SSSR count). The molecule has 0 fully saturated rings. The molecule has 0 saturated heterocycles. The molecule has 1 aromatic heterocycles. The summed E-state index contributed by atoms with van der Waals surface area (Å²) in [5.41, 5.74) is 2.76. The Hall–Kier alpha value is -2.80. The molecule has 4 aromatic carbocycles. The first-order valence-electron chi connectivity index (χ1n) is 11.1. The van der Waals surface area contributed by atoms with Gasteiger partial charge < -0.3 is 4.57 Å². The van der Waals surface area contributed by atoms with Crippen LogP contribution in [0.3, 0.4) is 0 Å². The lowest BCUT2D eigenvalue weighted by Crippen LogP contribution is -2.10. The lowest BCUT2D eigenvalue weighted by atomic mass is 9.99. The quantitative estimate of drug-likeness (QED) is 0.279. The summed E-state index contributed by atoms with van der Waals surface area (Å²) in [4.78, 5) is 0. The van der Waals surface area contributed by atoms with Crippen LogP contribution in [0.1, 0.15) is 39.5 Å². The molecule has 1 nitrogen and oxygen atoms in total. The van der Waals surface area contributed by atoms with Crippen molar-refractivity contribution in [1.29, 1.82) is 0 Å². The van der Waals surface area contributed by atoms with E-state index < -0.39 is 0 Å². The van der Waals surface area contributed by atoms with Crippen molar-refractivity contribution in [2.75, 3.05) is 0 Å². The van der Waals surface area contributed by atoms with Gasteiger partial charge >= 0.3 is 0 Å². The molecule has 1 heteroatoms. The summed E-state index contributed by atoms with van der Waals surface area (Å²) in [5, 5.41) is 8.22. The minimum Gasteiger partial charge on any atom is -0.340 e. The summed E-state index contributed by atoms with van der Waals surface area (Å²) >= 11 is 0. The first-order valence-corrected chi connectivity index (χ1v) is 11.1. The molecule has 0 saturated carbocycles. The maximum atomic E-state index is 2.60. The van der Waals surface area contributed by atoms with E-state index in [1.165, 1.54) is 69.0 Å². The zero-order valence-corrected chi connectivity index (χ0v) is 17.5. The van der Waals surface area contributed by atoms with Crippen molar-refractivity contribution >= 4 is 43.4 Å². The van der Waals surface area contributed by atoms with Crippen LogP contribution in [0, 0.1) is 5.92 Å². The van der Waals surface area contributed by atoms with Crippen molar-refractivity contribution in [3.8, 4) is 0 Å². The minimum atomic E-state index is 0.728. The number of rotatable bonds is 6. The van der Waals surface area contributed by atoms with Crippen LogP contribution in [-0.4, -0.2) is 4.57 Å². The number of aromatic nitrogens is 1. The molecule has 29 heavy (non-hydrogen) atoms. The highest BCUT2D eigenvalue weighted by molar-refractivity contribution is 6.27. The summed E-state index contributed by atoms with van der Waals surface area (Å²) < 4.78 is 2.60. The summed E-state index contributed by atoms with van der Waals surface area (Å²) in [5.74, 6) is 0.728. The van der Waals surface area contributed by atoms with E-state index in [0.29, 0.717) is 0 Å². The molecule has 1 heterocycles. The second kappa shape index (κ2) is 7.55. The van der Waals surface area contributed by atoms with Crippen molar-refractivity contribution in [2.24, 2.45) is 5.92 Å². The van der Waals surface area contributed by atoms with E-state index in [0.717, 1.165) is 12.5 Å². The van der Waals surface area contributed by atoms with Gasteiger partial charge in [-0.25, -0.2) is 0 Å². The Morgan fingerprint density at radius 2 is 1.24 bits per heavy atom. The Morgan fingerprint density at radius 1 is 0.690 bits per heavy atom. The number of nitrogens with zero attached hydrogens (tertiary/aromatic N) is 1. The average molecular weight is 380 g/mol. The first kappa shape index (κ1) is 18.2. The maximum absolute atomic E-state index is 2.60. The molecule has 0 aliphatic carbocycles. The molecular weight excluding hydrogens is 350 g/mol. The monoisotopic (exact) mass is 379 g/mol. The average Bonchev–Trinajstić information content (AvgIpc) is 3.10. The molecule has 0 spiro atoms. The molecule has 5 aromatic rings. The summed E-state index contributed by atoms with van der Waals surface area (Å²) in [6.07, 6.45) is 5.15. The predicted molar refractivity (Wildman–Crippen MR) is 128 cm³/mol. The highest BCUT2D eigenvalue weighted by Crippen LogP contribution is 2.39. The fraction of sp³-hybridized carbons (Fsp3) is 0.286. The summed E-state index contributed by atoms with van der Waals surface area (Å²) in [6.45, 7) is 5.75. The summed E-state index contributed by atoms with van der Waals surface area (Å²) in [7, 11) is 0. The zero-order chi connectivity index (χ0) is 19.8. The molecule has 1 atom stereocenters. The van der Waals surface area contributed by atoms with Gasteiger partial charge in [0.25, 0.3) is 0 Å². The zero-order valence-electron chi connectivity index (χ0n) is 17.5. The third kappa shape index (κ3) is 3.00. The van der Waals surface area contributed by atoms with Crippen LogP contribution >= 0.6 is 0 Å². The van der Waals surface area contributed by atoms with E-state index in [1.807, 2.05) is 0 Å². The van der Waals surface area contributed by atoms with E-state index in [-0.39, 0.29) is 0 Å². The fourth-order valence-corrected chi connectivity index (χ4v) is 5.00. The number of hydrogen-bond acceptors (Lipinski definition) is 0. The number of fused-ring (bicyclic) bond motifs is 7. The molecular formula is C28H29N. The minimum absolute atomic E-state index is 0.728. The van der Waals surface area contributed by atoms with Crippen molar-refractivity contribution < 1.29 is 0 Å². The Labute approximate surface area is 172 Å². The third-order valence-corrected chi connectivity index (χ3v) is 6.63. The SMILES string of the molecule is CCCCC(CC)Cn1c2ccc3ccccc3c2c2c3ccccc3ccc21. The largest absolute Gasteiger partial charge is 0.340 e. The van der Waals surface area contributed by atoms with Crippen LogP contribution in [0.2, 0.25) is 0 Å². The third-order valence-electron chi connectivity index (χ3n) is 6.63. The van der Waals surface area contributed by atoms with Crippen LogP contribution in [0.4, 0.5) is 0 Å². The molecule has 1 unspecified atom stereocenters. The second-order valence-electron chi connectivity index (χ2n) is 8.39. The molecule has 0 radical (unpaired) electrons. The van der Waals surface area contributed by atoms with Crippen molar-refractivity contribution in [3.05, 3.63) is 72.8 Å². The van der Waals surface area contributed by atoms with Crippen LogP contribution in [-0.2, 0) is 6.54 Å². The van der Waals surface area contributed by atoms with Gasteiger partial charge in [-0.05, 0) is 46.0 Å². The van der Waals surface area contributed by atoms with E-state index >= 15 is 0 Å².